The van der Waals surface area contributed by atoms with Crippen LogP contribution in [0.4, 0.5) is 15.8 Å². The number of thioether (sulfide) groups is 1. The van der Waals surface area contributed by atoms with Crippen LogP contribution >= 0.6 is 11.8 Å². The van der Waals surface area contributed by atoms with Crippen LogP contribution in [0.1, 0.15) is 12.8 Å². The number of benzene rings is 2. The molecule has 6 nitrogen and oxygen atoms in total. The average Bonchev–Trinajstić information content (AvgIpc) is 2.61. The van der Waals surface area contributed by atoms with Gasteiger partial charge >= 0.3 is 5.97 Å². The van der Waals surface area contributed by atoms with Gasteiger partial charge in [0, 0.05) is 17.0 Å². The Bertz CT molecular complexity index is 796. The molecular weight excluding hydrogens is 359 g/mol. The summed E-state index contributed by atoms with van der Waals surface area (Å²) >= 11 is 1.27. The van der Waals surface area contributed by atoms with Crippen molar-refractivity contribution in [2.45, 2.75) is 17.7 Å². The van der Waals surface area contributed by atoms with E-state index in [1.807, 2.05) is 0 Å². The largest absolute Gasteiger partial charge is 0.481 e. The molecule has 0 heterocycles. The standard InChI is InChI=1S/C18H17FN2O4S/c19-14-3-1-2-4-15(14)21-17(23)11-26-13-7-5-12(6-8-13)20-16(22)9-10-18(24)25/h1-8H,9-11H2,(H,20,22)(H,21,23)(H,24,25). The molecule has 0 saturated carbocycles. The zero-order valence-electron chi connectivity index (χ0n) is 13.7. The fraction of sp³-hybridized carbons (Fsp3) is 0.167. The van der Waals surface area contributed by atoms with Crippen molar-refractivity contribution in [3.05, 3.63) is 54.3 Å². The number of hydrogen-bond donors (Lipinski definition) is 3. The first-order chi connectivity index (χ1) is 12.4. The van der Waals surface area contributed by atoms with E-state index in [2.05, 4.69) is 10.6 Å². The van der Waals surface area contributed by atoms with Gasteiger partial charge in [0.1, 0.15) is 5.82 Å². The topological polar surface area (TPSA) is 95.5 Å². The van der Waals surface area contributed by atoms with Crippen LogP contribution in [0.2, 0.25) is 0 Å². The maximum absolute atomic E-state index is 13.5. The van der Waals surface area contributed by atoms with Crippen LogP contribution < -0.4 is 10.6 Å². The van der Waals surface area contributed by atoms with Gasteiger partial charge in [0.05, 0.1) is 17.9 Å². The maximum Gasteiger partial charge on any atom is 0.303 e. The van der Waals surface area contributed by atoms with E-state index in [-0.39, 0.29) is 36.1 Å². The van der Waals surface area contributed by atoms with E-state index in [1.54, 1.807) is 36.4 Å². The molecule has 2 amide bonds. The Morgan fingerprint density at radius 3 is 2.27 bits per heavy atom. The summed E-state index contributed by atoms with van der Waals surface area (Å²) in [4.78, 5) is 34.7. The van der Waals surface area contributed by atoms with Crippen LogP contribution in [-0.2, 0) is 14.4 Å². The molecule has 0 aromatic heterocycles. The first-order valence-electron chi connectivity index (χ1n) is 7.73. The second kappa shape index (κ2) is 9.57. The van der Waals surface area contributed by atoms with Crippen LogP contribution in [0.15, 0.2) is 53.4 Å². The number of amides is 2. The Morgan fingerprint density at radius 1 is 0.923 bits per heavy atom. The summed E-state index contributed by atoms with van der Waals surface area (Å²) in [6.07, 6.45) is -0.320. The van der Waals surface area contributed by atoms with Gasteiger partial charge in [-0.05, 0) is 36.4 Å². The predicted molar refractivity (Wildman–Crippen MR) is 97.7 cm³/mol. The van der Waals surface area contributed by atoms with Crippen molar-refractivity contribution in [2.24, 2.45) is 0 Å². The van der Waals surface area contributed by atoms with Crippen molar-refractivity contribution in [1.82, 2.24) is 0 Å². The lowest BCUT2D eigenvalue weighted by Crippen LogP contribution is -2.15. The van der Waals surface area contributed by atoms with Crippen molar-refractivity contribution in [3.8, 4) is 0 Å². The highest BCUT2D eigenvalue weighted by molar-refractivity contribution is 8.00. The fourth-order valence-corrected chi connectivity index (χ4v) is 2.67. The number of hydrogen-bond acceptors (Lipinski definition) is 4. The molecule has 0 saturated heterocycles. The number of carboxylic acid groups (broad SMARTS) is 1. The molecule has 2 aromatic carbocycles. The summed E-state index contributed by atoms with van der Waals surface area (Å²) in [5.41, 5.74) is 0.679. The summed E-state index contributed by atoms with van der Waals surface area (Å²) in [6, 6.07) is 12.7. The average molecular weight is 376 g/mol. The molecule has 0 radical (unpaired) electrons. The SMILES string of the molecule is O=C(O)CCC(=O)Nc1ccc(SCC(=O)Nc2ccccc2F)cc1. The third-order valence-corrected chi connectivity index (χ3v) is 4.23. The van der Waals surface area contributed by atoms with E-state index in [4.69, 9.17) is 5.11 Å². The Kier molecular flexibility index (Phi) is 7.16. The molecule has 0 aliphatic rings. The number of para-hydroxylation sites is 1. The Hall–Kier alpha value is -2.87. The first-order valence-corrected chi connectivity index (χ1v) is 8.71. The van der Waals surface area contributed by atoms with Crippen molar-refractivity contribution in [1.29, 1.82) is 0 Å². The Labute approximate surface area is 153 Å². The zero-order chi connectivity index (χ0) is 18.9. The predicted octanol–water partition coefficient (Wildman–Crippen LogP) is 3.36. The lowest BCUT2D eigenvalue weighted by Gasteiger charge is -2.07. The molecule has 0 fully saturated rings. The summed E-state index contributed by atoms with van der Waals surface area (Å²) in [5.74, 6) is -2.11. The van der Waals surface area contributed by atoms with E-state index in [1.165, 1.54) is 23.9 Å². The van der Waals surface area contributed by atoms with Gasteiger partial charge in [0.15, 0.2) is 0 Å². The van der Waals surface area contributed by atoms with Crippen LogP contribution in [0.5, 0.6) is 0 Å². The van der Waals surface area contributed by atoms with E-state index in [0.29, 0.717) is 5.69 Å². The molecular formula is C18H17FN2O4S. The van der Waals surface area contributed by atoms with Gasteiger partial charge < -0.3 is 15.7 Å². The van der Waals surface area contributed by atoms with Gasteiger partial charge in [-0.25, -0.2) is 4.39 Å². The van der Waals surface area contributed by atoms with Crippen LogP contribution in [0, 0.1) is 5.82 Å². The molecule has 3 N–H and O–H groups in total. The molecule has 0 bridgehead atoms. The number of carboxylic acids is 1. The molecule has 26 heavy (non-hydrogen) atoms. The normalized spacial score (nSPS) is 10.2. The summed E-state index contributed by atoms with van der Waals surface area (Å²) < 4.78 is 13.5. The van der Waals surface area contributed by atoms with Crippen molar-refractivity contribution in [3.63, 3.8) is 0 Å². The zero-order valence-corrected chi connectivity index (χ0v) is 14.5. The van der Waals surface area contributed by atoms with Crippen LogP contribution in [0.25, 0.3) is 0 Å². The van der Waals surface area contributed by atoms with Crippen LogP contribution in [-0.4, -0.2) is 28.6 Å². The van der Waals surface area contributed by atoms with Crippen molar-refractivity contribution >= 4 is 40.9 Å². The summed E-state index contributed by atoms with van der Waals surface area (Å²) in [6.45, 7) is 0. The monoisotopic (exact) mass is 376 g/mol. The lowest BCUT2D eigenvalue weighted by molar-refractivity contribution is -0.138. The van der Waals surface area contributed by atoms with E-state index >= 15 is 0 Å². The van der Waals surface area contributed by atoms with Gasteiger partial charge in [-0.15, -0.1) is 11.8 Å². The fourth-order valence-electron chi connectivity index (χ4n) is 1.98. The van der Waals surface area contributed by atoms with E-state index < -0.39 is 11.8 Å². The highest BCUT2D eigenvalue weighted by atomic mass is 32.2. The van der Waals surface area contributed by atoms with Crippen molar-refractivity contribution in [2.75, 3.05) is 16.4 Å². The first kappa shape index (κ1) is 19.5. The number of aliphatic carboxylic acids is 1. The second-order valence-electron chi connectivity index (χ2n) is 5.28. The minimum absolute atomic E-state index is 0.0952. The minimum Gasteiger partial charge on any atom is -0.481 e. The molecule has 136 valence electrons. The minimum atomic E-state index is -1.03. The van der Waals surface area contributed by atoms with E-state index in [0.717, 1.165) is 4.90 Å². The summed E-state index contributed by atoms with van der Waals surface area (Å²) in [5, 5.41) is 13.6. The maximum atomic E-state index is 13.5. The summed E-state index contributed by atoms with van der Waals surface area (Å²) in [7, 11) is 0. The lowest BCUT2D eigenvalue weighted by atomic mass is 10.2. The Balaban J connectivity index is 1.80. The van der Waals surface area contributed by atoms with E-state index in [9.17, 15) is 18.8 Å². The Morgan fingerprint density at radius 2 is 1.62 bits per heavy atom. The van der Waals surface area contributed by atoms with Gasteiger partial charge in [0.25, 0.3) is 0 Å². The highest BCUT2D eigenvalue weighted by Crippen LogP contribution is 2.21. The molecule has 2 aromatic rings. The number of carbonyl (C=O) groups excluding carboxylic acids is 2. The number of halogens is 1. The third-order valence-electron chi connectivity index (χ3n) is 3.22. The molecule has 0 aliphatic carbocycles. The van der Waals surface area contributed by atoms with Gasteiger partial charge in [-0.1, -0.05) is 12.1 Å². The second-order valence-corrected chi connectivity index (χ2v) is 6.33. The molecule has 0 unspecified atom stereocenters. The van der Waals surface area contributed by atoms with Gasteiger partial charge in [0.2, 0.25) is 11.8 Å². The smallest absolute Gasteiger partial charge is 0.303 e. The number of anilines is 2. The number of nitrogens with one attached hydrogen (secondary N) is 2. The highest BCUT2D eigenvalue weighted by Gasteiger charge is 2.08. The molecule has 0 atom stereocenters. The van der Waals surface area contributed by atoms with Crippen LogP contribution in [0.3, 0.4) is 0 Å². The molecule has 0 spiro atoms. The molecule has 0 aliphatic heterocycles. The van der Waals surface area contributed by atoms with Crippen molar-refractivity contribution < 1.29 is 23.9 Å². The third kappa shape index (κ3) is 6.56. The molecule has 8 heteroatoms. The quantitative estimate of drug-likeness (QED) is 0.614. The number of rotatable bonds is 8. The van der Waals surface area contributed by atoms with Gasteiger partial charge in [-0.2, -0.15) is 0 Å². The number of carbonyl (C=O) groups is 3. The van der Waals surface area contributed by atoms with Gasteiger partial charge in [-0.3, -0.25) is 14.4 Å². The molecule has 2 rings (SSSR count).